The maximum Gasteiger partial charge on any atom is 0.416 e. The molecule has 0 aliphatic heterocycles. The van der Waals surface area contributed by atoms with Crippen LogP contribution in [0, 0.1) is 0 Å². The van der Waals surface area contributed by atoms with Crippen LogP contribution in [0.5, 0.6) is 11.5 Å². The van der Waals surface area contributed by atoms with Gasteiger partial charge in [-0.25, -0.2) is 9.78 Å². The second-order valence-electron chi connectivity index (χ2n) is 5.82. The Morgan fingerprint density at radius 2 is 1.69 bits per heavy atom. The van der Waals surface area contributed by atoms with E-state index in [4.69, 9.17) is 10.5 Å². The normalized spacial score (nSPS) is 11.0. The summed E-state index contributed by atoms with van der Waals surface area (Å²) in [5.41, 5.74) is 5.23. The zero-order valence-electron chi connectivity index (χ0n) is 14.6. The third-order valence-electron chi connectivity index (χ3n) is 3.64. The van der Waals surface area contributed by atoms with Crippen molar-refractivity contribution in [1.82, 2.24) is 4.98 Å². The number of nitrogens with zero attached hydrogens (tertiary/aromatic N) is 1. The Morgan fingerprint density at radius 1 is 1.00 bits per heavy atom. The molecule has 0 aliphatic rings. The summed E-state index contributed by atoms with van der Waals surface area (Å²) in [6.07, 6.45) is -3.02. The fourth-order valence-electron chi connectivity index (χ4n) is 2.30. The van der Waals surface area contributed by atoms with Crippen LogP contribution in [0.2, 0.25) is 0 Å². The lowest BCUT2D eigenvalue weighted by Crippen LogP contribution is -2.19. The Balaban J connectivity index is 1.60. The number of alkyl halides is 3. The summed E-state index contributed by atoms with van der Waals surface area (Å²) in [5.74, 6) is 1.30. The van der Waals surface area contributed by atoms with Crippen molar-refractivity contribution >= 4 is 39.2 Å². The number of carbonyl (C=O) groups excluding carboxylic acids is 1. The third-order valence-corrected chi connectivity index (χ3v) is 4.28. The molecule has 0 aliphatic carbocycles. The van der Waals surface area contributed by atoms with Gasteiger partial charge in [0.05, 0.1) is 16.2 Å². The third kappa shape index (κ3) is 5.61. The van der Waals surface area contributed by atoms with E-state index in [-0.39, 0.29) is 5.69 Å². The van der Waals surface area contributed by atoms with Crippen LogP contribution in [0.4, 0.5) is 35.2 Å². The van der Waals surface area contributed by atoms with Gasteiger partial charge in [-0.3, -0.25) is 0 Å². The number of pyridine rings is 1. The van der Waals surface area contributed by atoms with Crippen molar-refractivity contribution in [2.45, 2.75) is 6.18 Å². The summed E-state index contributed by atoms with van der Waals surface area (Å²) < 4.78 is 44.4. The number of ether oxygens (including phenoxy) is 1. The number of nitrogens with one attached hydrogen (secondary N) is 2. The molecular weight excluding hydrogens is 453 g/mol. The molecule has 6 nitrogen and oxygen atoms in total. The van der Waals surface area contributed by atoms with Crippen molar-refractivity contribution < 1.29 is 22.7 Å². The summed E-state index contributed by atoms with van der Waals surface area (Å²) in [6, 6.07) is 11.8. The summed E-state index contributed by atoms with van der Waals surface area (Å²) in [4.78, 5) is 16.0. The highest BCUT2D eigenvalue weighted by Crippen LogP contribution is 2.31. The zero-order valence-corrected chi connectivity index (χ0v) is 16.2. The fourth-order valence-corrected chi connectivity index (χ4v) is 2.62. The fraction of sp³-hybridized carbons (Fsp3) is 0.0526. The van der Waals surface area contributed by atoms with Gasteiger partial charge in [0.25, 0.3) is 0 Å². The average molecular weight is 467 g/mol. The van der Waals surface area contributed by atoms with Gasteiger partial charge in [0.15, 0.2) is 0 Å². The maximum atomic E-state index is 12.7. The molecule has 10 heteroatoms. The molecule has 0 fully saturated rings. The molecule has 0 radical (unpaired) electrons. The number of nitrogens with two attached hydrogens (primary N) is 1. The molecule has 150 valence electrons. The Hall–Kier alpha value is -3.27. The molecule has 0 bridgehead atoms. The number of amides is 2. The summed E-state index contributed by atoms with van der Waals surface area (Å²) in [5, 5.41) is 4.90. The number of halogens is 4. The number of nitrogen functional groups attached to an aromatic ring is 1. The number of rotatable bonds is 4. The number of hydrogen-bond donors (Lipinski definition) is 3. The van der Waals surface area contributed by atoms with Crippen LogP contribution in [-0.4, -0.2) is 11.0 Å². The van der Waals surface area contributed by atoms with E-state index in [1.54, 1.807) is 30.3 Å². The van der Waals surface area contributed by atoms with E-state index >= 15 is 0 Å². The summed E-state index contributed by atoms with van der Waals surface area (Å²) in [6.45, 7) is 0. The lowest BCUT2D eigenvalue weighted by atomic mass is 10.2. The molecule has 0 spiro atoms. The van der Waals surface area contributed by atoms with Gasteiger partial charge in [0.1, 0.15) is 17.3 Å². The predicted molar refractivity (Wildman–Crippen MR) is 107 cm³/mol. The minimum absolute atomic E-state index is 0.0266. The highest BCUT2D eigenvalue weighted by Gasteiger charge is 2.30. The quantitative estimate of drug-likeness (QED) is 0.447. The minimum atomic E-state index is -4.49. The van der Waals surface area contributed by atoms with Crippen LogP contribution in [0.1, 0.15) is 5.56 Å². The molecule has 0 saturated heterocycles. The molecule has 0 saturated carbocycles. The summed E-state index contributed by atoms with van der Waals surface area (Å²) in [7, 11) is 0. The van der Waals surface area contributed by atoms with Crippen LogP contribution in [0.15, 0.2) is 65.3 Å². The van der Waals surface area contributed by atoms with Crippen LogP contribution >= 0.6 is 15.9 Å². The highest BCUT2D eigenvalue weighted by molar-refractivity contribution is 9.10. The van der Waals surface area contributed by atoms with E-state index in [9.17, 15) is 18.0 Å². The van der Waals surface area contributed by atoms with E-state index in [2.05, 4.69) is 31.5 Å². The van der Waals surface area contributed by atoms with Crippen LogP contribution in [-0.2, 0) is 6.18 Å². The van der Waals surface area contributed by atoms with Crippen molar-refractivity contribution in [2.24, 2.45) is 0 Å². The topological polar surface area (TPSA) is 89.3 Å². The molecule has 4 N–H and O–H groups in total. The van der Waals surface area contributed by atoms with E-state index in [0.29, 0.717) is 27.5 Å². The first-order chi connectivity index (χ1) is 13.7. The molecule has 1 aromatic heterocycles. The predicted octanol–water partition coefficient (Wildman–Crippen LogP) is 5.88. The maximum absolute atomic E-state index is 12.7. The lowest BCUT2D eigenvalue weighted by molar-refractivity contribution is -0.137. The average Bonchev–Trinajstić information content (AvgIpc) is 2.66. The molecule has 2 aromatic carbocycles. The molecule has 2 amide bonds. The minimum Gasteiger partial charge on any atom is -0.456 e. The number of hydrogen-bond acceptors (Lipinski definition) is 4. The molecule has 3 aromatic rings. The first-order valence-electron chi connectivity index (χ1n) is 8.15. The highest BCUT2D eigenvalue weighted by atomic mass is 79.9. The van der Waals surface area contributed by atoms with Crippen molar-refractivity contribution in [1.29, 1.82) is 0 Å². The van der Waals surface area contributed by atoms with Crippen molar-refractivity contribution in [3.05, 3.63) is 70.8 Å². The Kier molecular flexibility index (Phi) is 5.92. The largest absolute Gasteiger partial charge is 0.456 e. The van der Waals surface area contributed by atoms with Gasteiger partial charge >= 0.3 is 12.2 Å². The Morgan fingerprint density at radius 3 is 2.34 bits per heavy atom. The van der Waals surface area contributed by atoms with E-state index in [1.807, 2.05) is 0 Å². The standard InChI is InChI=1S/C19H14BrF3N4O2/c20-16-9-15(10-25-17(16)24)29-14-6-4-12(5-7-14)26-18(28)27-13-3-1-2-11(8-13)19(21,22)23/h1-10H,(H2,24,25)(H2,26,27,28). The van der Waals surface area contributed by atoms with E-state index < -0.39 is 17.8 Å². The molecular formula is C19H14BrF3N4O2. The van der Waals surface area contributed by atoms with Crippen LogP contribution in [0.3, 0.4) is 0 Å². The Labute approximate surface area is 172 Å². The van der Waals surface area contributed by atoms with Crippen molar-refractivity contribution in [2.75, 3.05) is 16.4 Å². The smallest absolute Gasteiger partial charge is 0.416 e. The molecule has 29 heavy (non-hydrogen) atoms. The second-order valence-corrected chi connectivity index (χ2v) is 6.68. The lowest BCUT2D eigenvalue weighted by Gasteiger charge is -2.11. The number of anilines is 3. The van der Waals surface area contributed by atoms with Crippen LogP contribution < -0.4 is 21.1 Å². The first kappa shape index (κ1) is 20.5. The van der Waals surface area contributed by atoms with E-state index in [0.717, 1.165) is 12.1 Å². The van der Waals surface area contributed by atoms with Gasteiger partial charge in [0.2, 0.25) is 0 Å². The molecule has 0 unspecified atom stereocenters. The molecule has 0 atom stereocenters. The SMILES string of the molecule is Nc1ncc(Oc2ccc(NC(=O)Nc3cccc(C(F)(F)F)c3)cc2)cc1Br. The molecule has 3 rings (SSSR count). The van der Waals surface area contributed by atoms with Gasteiger partial charge in [-0.1, -0.05) is 6.07 Å². The Bertz CT molecular complexity index is 1030. The zero-order chi connectivity index (χ0) is 21.0. The van der Waals surface area contributed by atoms with Gasteiger partial charge in [-0.05, 0) is 58.4 Å². The number of aromatic nitrogens is 1. The van der Waals surface area contributed by atoms with Crippen molar-refractivity contribution in [3.8, 4) is 11.5 Å². The number of urea groups is 1. The van der Waals surface area contributed by atoms with Gasteiger partial charge in [-0.15, -0.1) is 0 Å². The van der Waals surface area contributed by atoms with Gasteiger partial charge in [0, 0.05) is 17.4 Å². The monoisotopic (exact) mass is 466 g/mol. The van der Waals surface area contributed by atoms with Gasteiger partial charge < -0.3 is 21.1 Å². The van der Waals surface area contributed by atoms with Crippen molar-refractivity contribution in [3.63, 3.8) is 0 Å². The molecule has 1 heterocycles. The van der Waals surface area contributed by atoms with Gasteiger partial charge in [-0.2, -0.15) is 13.2 Å². The second kappa shape index (κ2) is 8.39. The number of benzene rings is 2. The summed E-state index contributed by atoms with van der Waals surface area (Å²) >= 11 is 3.26. The first-order valence-corrected chi connectivity index (χ1v) is 8.94. The van der Waals surface area contributed by atoms with E-state index in [1.165, 1.54) is 18.3 Å². The number of carbonyl (C=O) groups is 1. The van der Waals surface area contributed by atoms with Crippen LogP contribution in [0.25, 0.3) is 0 Å².